The number of amides is 1. The number of carboxylic acid groups (broad SMARTS) is 1. The number of hydrogen-bond acceptors (Lipinski definition) is 17. The van der Waals surface area contributed by atoms with Crippen molar-refractivity contribution in [2.24, 2.45) is 5.73 Å². The maximum atomic E-state index is 13.1. The van der Waals surface area contributed by atoms with E-state index in [-0.39, 0.29) is 33.0 Å². The third-order valence-corrected chi connectivity index (χ3v) is 11.0. The van der Waals surface area contributed by atoms with E-state index in [1.165, 1.54) is 0 Å². The van der Waals surface area contributed by atoms with Crippen molar-refractivity contribution in [2.75, 3.05) is 19.8 Å². The zero-order valence-electron chi connectivity index (χ0n) is 35.0. The Hall–Kier alpha value is -4.96. The van der Waals surface area contributed by atoms with Crippen LogP contribution >= 0.6 is 0 Å². The summed E-state index contributed by atoms with van der Waals surface area (Å²) in [5.41, 5.74) is 9.47. The Bertz CT molecular complexity index is 2340. The molecule has 358 valence electrons. The summed E-state index contributed by atoms with van der Waals surface area (Å²) in [6.07, 6.45) is -16.3. The lowest BCUT2D eigenvalue weighted by molar-refractivity contribution is -0.345. The fourth-order valence-corrected chi connectivity index (χ4v) is 7.81. The van der Waals surface area contributed by atoms with Crippen LogP contribution in [-0.4, -0.2) is 124 Å². The summed E-state index contributed by atoms with van der Waals surface area (Å²) in [5.74, 6) is -1.67. The SMILES string of the molecule is N[C@H]1[C@@H](O[C@H]2[C@H](OCc3ccccc3)[C@@H](OS(=O)(=O)O)[C@H](OCCNC(=O)OCc3ccccc3)O[C@H]2C(=O)O)O[C@H](COS(=O)(=O)O)[C@@H](OCc2ccccc2)[C@@H]1OCc1ccccc1. The van der Waals surface area contributed by atoms with Gasteiger partial charge in [0.15, 0.2) is 24.8 Å². The van der Waals surface area contributed by atoms with Gasteiger partial charge in [0, 0.05) is 6.54 Å². The normalized spacial score (nSPS) is 25.7. The summed E-state index contributed by atoms with van der Waals surface area (Å²) in [4.78, 5) is 25.5. The summed E-state index contributed by atoms with van der Waals surface area (Å²) in [5, 5.41) is 13.1. The van der Waals surface area contributed by atoms with Crippen molar-refractivity contribution in [3.05, 3.63) is 144 Å². The molecule has 0 bridgehead atoms. The number of carboxylic acids is 1. The van der Waals surface area contributed by atoms with E-state index in [9.17, 15) is 40.6 Å². The Morgan fingerprint density at radius 2 is 1.08 bits per heavy atom. The molecule has 0 unspecified atom stereocenters. The first-order valence-corrected chi connectivity index (χ1v) is 23.1. The van der Waals surface area contributed by atoms with Crippen LogP contribution in [0.4, 0.5) is 4.79 Å². The lowest BCUT2D eigenvalue weighted by Gasteiger charge is -2.48. The van der Waals surface area contributed by atoms with Crippen LogP contribution in [0, 0.1) is 0 Å². The number of nitrogens with one attached hydrogen (secondary N) is 1. The molecule has 2 saturated heterocycles. The second-order valence-electron chi connectivity index (χ2n) is 14.8. The molecule has 66 heavy (non-hydrogen) atoms. The maximum absolute atomic E-state index is 13.1. The van der Waals surface area contributed by atoms with E-state index in [0.717, 1.165) is 5.56 Å². The molecule has 6 rings (SSSR count). The molecule has 2 aliphatic rings. The van der Waals surface area contributed by atoms with Crippen LogP contribution in [0.15, 0.2) is 121 Å². The number of ether oxygens (including phenoxy) is 8. The third-order valence-electron chi connectivity index (χ3n) is 10.1. The first-order valence-electron chi connectivity index (χ1n) is 20.4. The summed E-state index contributed by atoms with van der Waals surface area (Å²) >= 11 is 0. The molecule has 10 atom stereocenters. The molecule has 0 aliphatic carbocycles. The minimum atomic E-state index is -5.39. The fourth-order valence-electron chi connectivity index (χ4n) is 7.03. The number of hydrogen-bond donors (Lipinski definition) is 5. The summed E-state index contributed by atoms with van der Waals surface area (Å²) in [7, 11) is -10.5. The van der Waals surface area contributed by atoms with E-state index in [0.29, 0.717) is 16.7 Å². The topological polar surface area (TPSA) is 293 Å². The van der Waals surface area contributed by atoms with Crippen LogP contribution in [0.3, 0.4) is 0 Å². The van der Waals surface area contributed by atoms with Crippen LogP contribution < -0.4 is 11.1 Å². The molecule has 23 heteroatoms. The Balaban J connectivity index is 1.29. The van der Waals surface area contributed by atoms with Gasteiger partial charge >= 0.3 is 32.9 Å². The molecular weight excluding hydrogens is 913 g/mol. The standard InChI is InChI=1S/C43H50N2O19S2/c44-33-35(57-24-29-15-7-2-8-16-29)34(56-23-28-13-5-1-6-14-28)32(27-60-65(49,50)51)61-41(33)62-37-36(58-25-30-17-9-3-10-18-30)39(64-66(52,53)54)42(63-38(37)40(46)47)55-22-21-45-43(48)59-26-31-19-11-4-12-20-31/h1-20,32-39,41-42H,21-27,44H2,(H,45,48)(H,46,47)(H,49,50,51)(H,52,53,54)/t32-,33-,34-,35-,36+,37+,38-,39-,41-,42-/m1/s1. The third kappa shape index (κ3) is 15.6. The van der Waals surface area contributed by atoms with Crippen LogP contribution in [0.2, 0.25) is 0 Å². The van der Waals surface area contributed by atoms with E-state index in [2.05, 4.69) is 5.32 Å². The van der Waals surface area contributed by atoms with Gasteiger partial charge in [0.05, 0.1) is 39.1 Å². The van der Waals surface area contributed by atoms with Gasteiger partial charge in [0.25, 0.3) is 0 Å². The fraction of sp³-hybridized carbons (Fsp3) is 0.395. The number of nitrogens with two attached hydrogens (primary N) is 1. The van der Waals surface area contributed by atoms with Crippen molar-refractivity contribution in [1.82, 2.24) is 5.32 Å². The van der Waals surface area contributed by atoms with Crippen LogP contribution in [-0.2, 0) is 98.3 Å². The van der Waals surface area contributed by atoms with Crippen molar-refractivity contribution in [2.45, 2.75) is 87.8 Å². The Morgan fingerprint density at radius 1 is 0.591 bits per heavy atom. The average molecular weight is 963 g/mol. The maximum Gasteiger partial charge on any atom is 0.407 e. The molecule has 2 heterocycles. The molecule has 0 aromatic heterocycles. The van der Waals surface area contributed by atoms with Crippen molar-refractivity contribution in [3.63, 3.8) is 0 Å². The van der Waals surface area contributed by atoms with Crippen LogP contribution in [0.25, 0.3) is 0 Å². The summed E-state index contributed by atoms with van der Waals surface area (Å²) in [6, 6.07) is 33.6. The van der Waals surface area contributed by atoms with Gasteiger partial charge in [0.1, 0.15) is 37.1 Å². The monoisotopic (exact) mass is 962 g/mol. The molecule has 2 aliphatic heterocycles. The molecule has 2 fully saturated rings. The van der Waals surface area contributed by atoms with Gasteiger partial charge in [-0.15, -0.1) is 0 Å². The number of alkyl carbamates (subject to hydrolysis) is 1. The molecule has 0 saturated carbocycles. The van der Waals surface area contributed by atoms with Crippen molar-refractivity contribution in [1.29, 1.82) is 0 Å². The van der Waals surface area contributed by atoms with Gasteiger partial charge in [-0.3, -0.25) is 9.11 Å². The molecule has 6 N–H and O–H groups in total. The second kappa shape index (κ2) is 24.2. The van der Waals surface area contributed by atoms with E-state index < -0.39 is 107 Å². The number of rotatable bonds is 23. The van der Waals surface area contributed by atoms with Gasteiger partial charge in [-0.2, -0.15) is 16.8 Å². The molecule has 1 amide bonds. The lowest BCUT2D eigenvalue weighted by Crippen LogP contribution is -2.68. The highest BCUT2D eigenvalue weighted by atomic mass is 32.3. The first-order chi connectivity index (χ1) is 31.6. The van der Waals surface area contributed by atoms with E-state index >= 15 is 0 Å². The molecule has 0 spiro atoms. The van der Waals surface area contributed by atoms with Crippen molar-refractivity contribution < 1.29 is 86.9 Å². The predicted molar refractivity (Wildman–Crippen MR) is 227 cm³/mol. The van der Waals surface area contributed by atoms with Crippen LogP contribution in [0.1, 0.15) is 22.3 Å². The number of carbonyl (C=O) groups is 2. The molecule has 4 aromatic rings. The van der Waals surface area contributed by atoms with Gasteiger partial charge in [0.2, 0.25) is 0 Å². The smallest absolute Gasteiger partial charge is 0.407 e. The second-order valence-corrected chi connectivity index (χ2v) is 17.0. The Labute approximate surface area is 380 Å². The summed E-state index contributed by atoms with van der Waals surface area (Å²) < 4.78 is 126. The molecule has 4 aromatic carbocycles. The van der Waals surface area contributed by atoms with Gasteiger partial charge < -0.3 is 54.1 Å². The van der Waals surface area contributed by atoms with Crippen molar-refractivity contribution in [3.8, 4) is 0 Å². The zero-order valence-corrected chi connectivity index (χ0v) is 36.7. The van der Waals surface area contributed by atoms with Gasteiger partial charge in [-0.05, 0) is 22.3 Å². The Kier molecular flexibility index (Phi) is 18.5. The molecule has 0 radical (unpaired) electrons. The number of carbonyl (C=O) groups excluding carboxylic acids is 1. The van der Waals surface area contributed by atoms with Gasteiger partial charge in [-0.1, -0.05) is 121 Å². The minimum absolute atomic E-state index is 0.0460. The molecule has 21 nitrogen and oxygen atoms in total. The lowest BCUT2D eigenvalue weighted by atomic mass is 9.95. The quantitative estimate of drug-likeness (QED) is 0.0527. The summed E-state index contributed by atoms with van der Waals surface area (Å²) in [6.45, 7) is -2.06. The zero-order chi connectivity index (χ0) is 47.1. The van der Waals surface area contributed by atoms with Crippen molar-refractivity contribution >= 4 is 32.9 Å². The van der Waals surface area contributed by atoms with E-state index in [1.54, 1.807) is 121 Å². The largest absolute Gasteiger partial charge is 0.479 e. The van der Waals surface area contributed by atoms with Crippen LogP contribution in [0.5, 0.6) is 0 Å². The highest BCUT2D eigenvalue weighted by molar-refractivity contribution is 7.81. The van der Waals surface area contributed by atoms with E-state index in [1.807, 2.05) is 0 Å². The van der Waals surface area contributed by atoms with Gasteiger partial charge in [-0.25, -0.2) is 18.0 Å². The minimum Gasteiger partial charge on any atom is -0.479 e. The Morgan fingerprint density at radius 3 is 1.56 bits per heavy atom. The first kappa shape index (κ1) is 50.5. The average Bonchev–Trinajstić information content (AvgIpc) is 3.29. The predicted octanol–water partition coefficient (Wildman–Crippen LogP) is 2.94. The van der Waals surface area contributed by atoms with E-state index in [4.69, 9.17) is 52.0 Å². The highest BCUT2D eigenvalue weighted by Crippen LogP contribution is 2.35. The number of aliphatic carboxylic acids is 1. The molecular formula is C43H50N2O19S2. The number of benzene rings is 4. The highest BCUT2D eigenvalue weighted by Gasteiger charge is 2.56.